The van der Waals surface area contributed by atoms with E-state index in [4.69, 9.17) is 4.99 Å². The normalized spacial score (nSPS) is 15.3. The molecule has 1 unspecified atom stereocenters. The van der Waals surface area contributed by atoms with Crippen molar-refractivity contribution in [3.05, 3.63) is 87.1 Å². The molecule has 0 fully saturated rings. The highest BCUT2D eigenvalue weighted by molar-refractivity contribution is 7.15. The Hall–Kier alpha value is -4.03. The summed E-state index contributed by atoms with van der Waals surface area (Å²) in [5.74, 6) is -4.13. The van der Waals surface area contributed by atoms with Gasteiger partial charge in [-0.3, -0.25) is 14.4 Å². The summed E-state index contributed by atoms with van der Waals surface area (Å²) in [5.41, 5.74) is 2.65. The molecule has 1 aliphatic rings. The zero-order valence-electron chi connectivity index (χ0n) is 21.4. The predicted molar refractivity (Wildman–Crippen MR) is 141 cm³/mol. The number of fused-ring (bicyclic) bond motifs is 3. The minimum atomic E-state index is -1.05. The minimum absolute atomic E-state index is 0.194. The molecule has 4 aromatic rings. The van der Waals surface area contributed by atoms with Crippen LogP contribution >= 0.6 is 11.3 Å². The van der Waals surface area contributed by atoms with E-state index in [1.165, 1.54) is 23.3 Å². The third-order valence-corrected chi connectivity index (χ3v) is 8.16. The Kier molecular flexibility index (Phi) is 6.77. The summed E-state index contributed by atoms with van der Waals surface area (Å²) in [4.78, 5) is 18.9. The lowest BCUT2D eigenvalue weighted by Crippen LogP contribution is -2.21. The maximum atomic E-state index is 14.4. The van der Waals surface area contributed by atoms with E-state index in [-0.39, 0.29) is 6.61 Å². The summed E-state index contributed by atoms with van der Waals surface area (Å²) in [5, 5.41) is 29.0. The molecular weight excluding hydrogens is 531 g/mol. The Morgan fingerprint density at radius 3 is 2.36 bits per heavy atom. The summed E-state index contributed by atoms with van der Waals surface area (Å²) in [7, 11) is 1.46. The Bertz CT molecular complexity index is 1610. The molecule has 0 saturated carbocycles. The van der Waals surface area contributed by atoms with Gasteiger partial charge >= 0.3 is 5.97 Å². The molecule has 8 nitrogen and oxygen atoms in total. The van der Waals surface area contributed by atoms with Crippen molar-refractivity contribution in [2.45, 2.75) is 33.4 Å². The monoisotopic (exact) mass is 555 g/mol. The largest absolute Gasteiger partial charge is 0.481 e. The number of aryl methyl sites for hydroxylation is 1. The van der Waals surface area contributed by atoms with E-state index in [9.17, 15) is 28.2 Å². The number of aliphatic carboxylic acids is 1. The number of aliphatic hydroxyl groups excluding tert-OH is 1. The second kappa shape index (κ2) is 9.93. The quantitative estimate of drug-likeness (QED) is 0.338. The lowest BCUT2D eigenvalue weighted by atomic mass is 9.98. The van der Waals surface area contributed by atoms with Crippen molar-refractivity contribution in [1.82, 2.24) is 14.8 Å². The molecule has 1 aliphatic heterocycles. The first-order valence-electron chi connectivity index (χ1n) is 12.0. The first-order chi connectivity index (χ1) is 18.5. The van der Waals surface area contributed by atoms with Crippen LogP contribution < -0.4 is 4.90 Å². The van der Waals surface area contributed by atoms with Crippen molar-refractivity contribution in [2.75, 3.05) is 11.9 Å². The molecular formula is C27H24F3N5O3S. The van der Waals surface area contributed by atoms with E-state index in [0.29, 0.717) is 51.3 Å². The second-order valence-corrected chi connectivity index (χ2v) is 10.4. The van der Waals surface area contributed by atoms with Gasteiger partial charge < -0.3 is 15.1 Å². The van der Waals surface area contributed by atoms with Crippen LogP contribution in [-0.2, 0) is 11.4 Å². The van der Waals surface area contributed by atoms with Crippen LogP contribution in [0.1, 0.15) is 46.2 Å². The van der Waals surface area contributed by atoms with Crippen LogP contribution in [0.25, 0.3) is 5.00 Å². The fourth-order valence-corrected chi connectivity index (χ4v) is 5.95. The number of carboxylic acid groups (broad SMARTS) is 1. The van der Waals surface area contributed by atoms with Crippen LogP contribution in [0.15, 0.2) is 41.4 Å². The number of halogens is 3. The smallest absolute Gasteiger partial charge is 0.308 e. The number of rotatable bonds is 6. The molecule has 2 aromatic heterocycles. The molecule has 0 spiro atoms. The number of hydrogen-bond donors (Lipinski definition) is 2. The first kappa shape index (κ1) is 26.6. The Morgan fingerprint density at radius 1 is 1.13 bits per heavy atom. The summed E-state index contributed by atoms with van der Waals surface area (Å²) in [6.45, 7) is 4.98. The van der Waals surface area contributed by atoms with Crippen LogP contribution in [0.4, 0.5) is 24.5 Å². The molecule has 0 radical (unpaired) electrons. The van der Waals surface area contributed by atoms with Crippen LogP contribution in [-0.4, -0.2) is 43.7 Å². The summed E-state index contributed by atoms with van der Waals surface area (Å²) in [6.07, 6.45) is 0. The van der Waals surface area contributed by atoms with Gasteiger partial charge in [0.25, 0.3) is 0 Å². The van der Waals surface area contributed by atoms with E-state index >= 15 is 0 Å². The van der Waals surface area contributed by atoms with E-state index < -0.39 is 41.1 Å². The number of hydrogen-bond acceptors (Lipinski definition) is 7. The van der Waals surface area contributed by atoms with Crippen molar-refractivity contribution in [2.24, 2.45) is 10.9 Å². The lowest BCUT2D eigenvalue weighted by Gasteiger charge is -2.21. The number of anilines is 2. The maximum Gasteiger partial charge on any atom is 0.308 e. The second-order valence-electron chi connectivity index (χ2n) is 9.30. The van der Waals surface area contributed by atoms with E-state index in [2.05, 4.69) is 10.2 Å². The van der Waals surface area contributed by atoms with Gasteiger partial charge in [-0.1, -0.05) is 12.1 Å². The lowest BCUT2D eigenvalue weighted by molar-refractivity contribution is -0.141. The zero-order chi connectivity index (χ0) is 28.2. The molecule has 2 atom stereocenters. The van der Waals surface area contributed by atoms with Crippen LogP contribution in [0.3, 0.4) is 0 Å². The molecule has 12 heteroatoms. The first-order valence-corrected chi connectivity index (χ1v) is 12.8. The van der Waals surface area contributed by atoms with Gasteiger partial charge in [0.1, 0.15) is 28.4 Å². The van der Waals surface area contributed by atoms with Gasteiger partial charge in [-0.25, -0.2) is 13.2 Å². The number of carbonyl (C=O) groups is 1. The number of thiophene rings is 1. The summed E-state index contributed by atoms with van der Waals surface area (Å²) >= 11 is 1.35. The Labute approximate surface area is 225 Å². The van der Waals surface area contributed by atoms with Crippen molar-refractivity contribution in [1.29, 1.82) is 0 Å². The Morgan fingerprint density at radius 2 is 1.77 bits per heavy atom. The number of carboxylic acids is 1. The van der Waals surface area contributed by atoms with Crippen LogP contribution in [0.5, 0.6) is 0 Å². The molecule has 39 heavy (non-hydrogen) atoms. The molecule has 2 N–H and O–H groups in total. The Balaban J connectivity index is 1.66. The third kappa shape index (κ3) is 4.39. The summed E-state index contributed by atoms with van der Waals surface area (Å²) in [6, 6.07) is 7.08. The van der Waals surface area contributed by atoms with Crippen molar-refractivity contribution in [3.8, 4) is 5.00 Å². The summed E-state index contributed by atoms with van der Waals surface area (Å²) < 4.78 is 44.0. The standard InChI is InChI=1S/C27H24F3N5O3S/c1-12-20(11-36)39-26-21(12)23(31-22(13(2)27(37)38)25-33-32-14(3)35(25)26)15-5-7-17(8-6-15)34(4)24-18(29)9-16(28)10-19(24)30/h5-10,13,22,36H,11H2,1-4H3,(H,37,38)/t13?,22-/m0/s1. The van der Waals surface area contributed by atoms with Gasteiger partial charge in [0, 0.05) is 40.9 Å². The molecule has 202 valence electrons. The molecule has 2 aromatic carbocycles. The van der Waals surface area contributed by atoms with E-state index in [1.54, 1.807) is 42.7 Å². The fourth-order valence-electron chi connectivity index (χ4n) is 4.73. The molecule has 0 saturated heterocycles. The van der Waals surface area contributed by atoms with Gasteiger partial charge in [0.05, 0.1) is 18.2 Å². The molecule has 5 rings (SSSR count). The molecule has 0 bridgehead atoms. The van der Waals surface area contributed by atoms with Crippen molar-refractivity contribution < 1.29 is 28.2 Å². The van der Waals surface area contributed by atoms with Crippen molar-refractivity contribution in [3.63, 3.8) is 0 Å². The third-order valence-electron chi connectivity index (χ3n) is 6.90. The van der Waals surface area contributed by atoms with Crippen LogP contribution in [0, 0.1) is 37.2 Å². The number of aromatic nitrogens is 3. The highest BCUT2D eigenvalue weighted by Gasteiger charge is 2.36. The highest BCUT2D eigenvalue weighted by atomic mass is 32.1. The molecule has 3 heterocycles. The predicted octanol–water partition coefficient (Wildman–Crippen LogP) is 5.24. The van der Waals surface area contributed by atoms with E-state index in [0.717, 1.165) is 10.4 Å². The molecule has 0 aliphatic carbocycles. The number of benzene rings is 2. The SMILES string of the molecule is Cc1c(CO)sc2c1C(c1ccc(N(C)c3c(F)cc(F)cc3F)cc1)=N[C@@H](C(C)C(=O)O)c1nnc(C)n1-2. The van der Waals surface area contributed by atoms with E-state index in [1.807, 2.05) is 6.92 Å². The topological polar surface area (TPSA) is 104 Å². The van der Waals surface area contributed by atoms with Gasteiger partial charge in [-0.15, -0.1) is 21.5 Å². The minimum Gasteiger partial charge on any atom is -0.481 e. The van der Waals surface area contributed by atoms with Gasteiger partial charge in [-0.05, 0) is 38.5 Å². The average Bonchev–Trinajstić information content (AvgIpc) is 3.38. The average molecular weight is 556 g/mol. The fraction of sp³-hybridized carbons (Fsp3) is 0.259. The number of nitrogens with zero attached hydrogens (tertiary/aromatic N) is 5. The molecule has 0 amide bonds. The van der Waals surface area contributed by atoms with Crippen LogP contribution in [0.2, 0.25) is 0 Å². The van der Waals surface area contributed by atoms with Gasteiger partial charge in [-0.2, -0.15) is 0 Å². The number of aliphatic hydroxyl groups is 1. The maximum absolute atomic E-state index is 14.4. The highest BCUT2D eigenvalue weighted by Crippen LogP contribution is 2.41. The number of aliphatic imine (C=N–C) groups is 1. The zero-order valence-corrected chi connectivity index (χ0v) is 22.2. The van der Waals surface area contributed by atoms with Gasteiger partial charge in [0.2, 0.25) is 0 Å². The van der Waals surface area contributed by atoms with Gasteiger partial charge in [0.15, 0.2) is 17.5 Å². The van der Waals surface area contributed by atoms with Crippen molar-refractivity contribution >= 4 is 34.4 Å².